The fourth-order valence-electron chi connectivity index (χ4n) is 2.78. The molecule has 2 unspecified atom stereocenters. The van der Waals surface area contributed by atoms with Gasteiger partial charge in [-0.3, -0.25) is 9.13 Å². The summed E-state index contributed by atoms with van der Waals surface area (Å²) in [5.74, 6) is 0.498. The molecule has 31 heavy (non-hydrogen) atoms. The second-order valence-corrected chi connectivity index (χ2v) is 10.3. The molecule has 0 saturated carbocycles. The third-order valence-corrected chi connectivity index (χ3v) is 7.16. The van der Waals surface area contributed by atoms with Crippen LogP contribution < -0.4 is 5.32 Å². The van der Waals surface area contributed by atoms with Crippen molar-refractivity contribution in [2.45, 2.75) is 63.8 Å². The number of hydrogen-bond donors (Lipinski definition) is 5. The number of aliphatic hydroxyl groups is 3. The highest BCUT2D eigenvalue weighted by molar-refractivity contribution is 7.54. The molecule has 0 spiro atoms. The van der Waals surface area contributed by atoms with E-state index in [-0.39, 0.29) is 13.0 Å². The van der Waals surface area contributed by atoms with Crippen LogP contribution in [0.1, 0.15) is 46.8 Å². The first-order valence-electron chi connectivity index (χ1n) is 9.91. The van der Waals surface area contributed by atoms with Gasteiger partial charge in [-0.25, -0.2) is 15.0 Å². The fraction of sp³-hybridized carbons (Fsp3) is 0.722. The van der Waals surface area contributed by atoms with Crippen LogP contribution in [0.15, 0.2) is 12.7 Å². The number of aliphatic hydroxyl groups excluding tert-OH is 2. The van der Waals surface area contributed by atoms with Gasteiger partial charge < -0.3 is 34.8 Å². The van der Waals surface area contributed by atoms with Crippen molar-refractivity contribution < 1.29 is 34.0 Å². The Kier molecular flexibility index (Phi) is 8.15. The molecule has 0 aliphatic rings. The highest BCUT2D eigenvalue weighted by Crippen LogP contribution is 2.57. The Hall–Kier alpha value is -1.66. The third kappa shape index (κ3) is 5.78. The van der Waals surface area contributed by atoms with Crippen LogP contribution in [-0.4, -0.2) is 77.0 Å². The van der Waals surface area contributed by atoms with Gasteiger partial charge in [0.25, 0.3) is 0 Å². The molecule has 13 heteroatoms. The standard InChI is InChI=1S/C18H32N5O7P/c1-6-18(4,30-31(27,28)17(2,3)26)7-8-29-16(12(25)9-24)23-11-22-13-14(19-5)20-10-21-15(13)23/h10-12,16,24-26H,6-9H2,1-5H3,(H,27,28)(H,19,20,21)/t12-,16-,18?/m1/s1. The molecular weight excluding hydrogens is 429 g/mol. The molecule has 2 aromatic heterocycles. The maximum Gasteiger partial charge on any atom is 0.359 e. The average Bonchev–Trinajstić information content (AvgIpc) is 3.13. The number of anilines is 1. The van der Waals surface area contributed by atoms with Crippen LogP contribution in [0.2, 0.25) is 0 Å². The van der Waals surface area contributed by atoms with E-state index in [1.807, 2.05) is 0 Å². The summed E-state index contributed by atoms with van der Waals surface area (Å²) < 4.78 is 25.1. The van der Waals surface area contributed by atoms with Crippen LogP contribution >= 0.6 is 7.60 Å². The van der Waals surface area contributed by atoms with Crippen molar-refractivity contribution in [2.75, 3.05) is 25.6 Å². The Morgan fingerprint density at radius 2 is 1.97 bits per heavy atom. The normalized spacial score (nSPS) is 18.4. The highest BCUT2D eigenvalue weighted by atomic mass is 31.2. The largest absolute Gasteiger partial charge is 0.394 e. The molecule has 0 aliphatic carbocycles. The molecule has 0 bridgehead atoms. The van der Waals surface area contributed by atoms with E-state index < -0.39 is 37.5 Å². The van der Waals surface area contributed by atoms with Crippen molar-refractivity contribution >= 4 is 24.6 Å². The van der Waals surface area contributed by atoms with E-state index in [1.165, 1.54) is 31.1 Å². The molecule has 4 atom stereocenters. The van der Waals surface area contributed by atoms with Crippen LogP contribution in [0.25, 0.3) is 11.2 Å². The summed E-state index contributed by atoms with van der Waals surface area (Å²) in [4.78, 5) is 22.6. The molecule has 0 radical (unpaired) electrons. The lowest BCUT2D eigenvalue weighted by atomic mass is 10.0. The minimum atomic E-state index is -4.32. The first-order chi connectivity index (χ1) is 14.4. The third-order valence-electron chi connectivity index (χ3n) is 5.09. The van der Waals surface area contributed by atoms with E-state index in [9.17, 15) is 24.8 Å². The number of nitrogens with one attached hydrogen (secondary N) is 1. The summed E-state index contributed by atoms with van der Waals surface area (Å²) in [5, 5.41) is 30.7. The van der Waals surface area contributed by atoms with E-state index in [0.717, 1.165) is 0 Å². The Bertz CT molecular complexity index is 918. The van der Waals surface area contributed by atoms with Gasteiger partial charge in [-0.2, -0.15) is 0 Å². The SMILES string of the molecule is CCC(C)(CCO[C@H]([C@H](O)CO)n1cnc2c(NC)ncnc21)OP(=O)(O)C(C)(C)O. The number of hydrogen-bond acceptors (Lipinski definition) is 10. The molecule has 0 amide bonds. The lowest BCUT2D eigenvalue weighted by Crippen LogP contribution is -2.35. The molecule has 0 aliphatic heterocycles. The van der Waals surface area contributed by atoms with Crippen LogP contribution in [0.4, 0.5) is 5.82 Å². The predicted molar refractivity (Wildman–Crippen MR) is 113 cm³/mol. The first-order valence-corrected chi connectivity index (χ1v) is 11.5. The molecule has 0 fully saturated rings. The van der Waals surface area contributed by atoms with Crippen LogP contribution in [0, 0.1) is 0 Å². The minimum absolute atomic E-state index is 0.0154. The molecule has 2 rings (SSSR count). The zero-order chi connectivity index (χ0) is 23.4. The van der Waals surface area contributed by atoms with Crippen LogP contribution in [0.3, 0.4) is 0 Å². The van der Waals surface area contributed by atoms with Gasteiger partial charge in [-0.05, 0) is 27.2 Å². The summed E-state index contributed by atoms with van der Waals surface area (Å²) in [6.45, 7) is 5.28. The fourth-order valence-corrected chi connectivity index (χ4v) is 3.82. The topological polar surface area (TPSA) is 172 Å². The lowest BCUT2D eigenvalue weighted by Gasteiger charge is -2.35. The summed E-state index contributed by atoms with van der Waals surface area (Å²) in [6.07, 6.45) is 1.02. The Labute approximate surface area is 180 Å². The van der Waals surface area contributed by atoms with Crippen molar-refractivity contribution in [2.24, 2.45) is 0 Å². The van der Waals surface area contributed by atoms with Crippen LogP contribution in [0.5, 0.6) is 0 Å². The van der Waals surface area contributed by atoms with Crippen molar-refractivity contribution in [3.63, 3.8) is 0 Å². The van der Waals surface area contributed by atoms with Crippen molar-refractivity contribution in [3.05, 3.63) is 12.7 Å². The van der Waals surface area contributed by atoms with Gasteiger partial charge in [0.05, 0.1) is 25.1 Å². The summed E-state index contributed by atoms with van der Waals surface area (Å²) in [7, 11) is -2.63. The van der Waals surface area contributed by atoms with E-state index in [1.54, 1.807) is 20.9 Å². The molecule has 5 N–H and O–H groups in total. The van der Waals surface area contributed by atoms with Gasteiger partial charge >= 0.3 is 7.60 Å². The van der Waals surface area contributed by atoms with Gasteiger partial charge in [-0.1, -0.05) is 6.92 Å². The Morgan fingerprint density at radius 3 is 2.52 bits per heavy atom. The number of nitrogens with zero attached hydrogens (tertiary/aromatic N) is 4. The maximum absolute atomic E-state index is 12.4. The second kappa shape index (κ2) is 9.86. The number of rotatable bonds is 12. The Morgan fingerprint density at radius 1 is 1.29 bits per heavy atom. The summed E-state index contributed by atoms with van der Waals surface area (Å²) in [6, 6.07) is 0. The van der Waals surface area contributed by atoms with Crippen molar-refractivity contribution in [3.8, 4) is 0 Å². The van der Waals surface area contributed by atoms with Gasteiger partial charge in [0, 0.05) is 13.5 Å². The van der Waals surface area contributed by atoms with E-state index >= 15 is 0 Å². The molecule has 0 aromatic carbocycles. The monoisotopic (exact) mass is 461 g/mol. The van der Waals surface area contributed by atoms with E-state index in [0.29, 0.717) is 23.4 Å². The average molecular weight is 461 g/mol. The first kappa shape index (κ1) is 25.6. The van der Waals surface area contributed by atoms with E-state index in [4.69, 9.17) is 9.26 Å². The number of imidazole rings is 1. The lowest BCUT2D eigenvalue weighted by molar-refractivity contribution is -0.107. The molecule has 176 valence electrons. The second-order valence-electron chi connectivity index (χ2n) is 7.97. The van der Waals surface area contributed by atoms with Gasteiger partial charge in [0.15, 0.2) is 23.0 Å². The molecule has 2 heterocycles. The minimum Gasteiger partial charge on any atom is -0.394 e. The smallest absolute Gasteiger partial charge is 0.359 e. The molecule has 12 nitrogen and oxygen atoms in total. The molecule has 0 saturated heterocycles. The molecular formula is C18H32N5O7P. The number of fused-ring (bicyclic) bond motifs is 1. The van der Waals surface area contributed by atoms with E-state index in [2.05, 4.69) is 20.3 Å². The highest BCUT2D eigenvalue weighted by Gasteiger charge is 2.44. The quantitative estimate of drug-likeness (QED) is 0.288. The predicted octanol–water partition coefficient (Wildman–Crippen LogP) is 1.23. The van der Waals surface area contributed by atoms with Gasteiger partial charge in [0.1, 0.15) is 17.9 Å². The van der Waals surface area contributed by atoms with Crippen molar-refractivity contribution in [1.82, 2.24) is 19.5 Å². The van der Waals surface area contributed by atoms with Crippen LogP contribution in [-0.2, 0) is 13.8 Å². The molecule has 2 aromatic rings. The summed E-state index contributed by atoms with van der Waals surface area (Å²) >= 11 is 0. The number of aromatic nitrogens is 4. The van der Waals surface area contributed by atoms with Gasteiger partial charge in [-0.15, -0.1) is 0 Å². The van der Waals surface area contributed by atoms with Crippen molar-refractivity contribution in [1.29, 1.82) is 0 Å². The summed E-state index contributed by atoms with van der Waals surface area (Å²) in [5.41, 5.74) is -0.206. The number of ether oxygens (including phenoxy) is 1. The zero-order valence-electron chi connectivity index (χ0n) is 18.4. The van der Waals surface area contributed by atoms with Gasteiger partial charge in [0.2, 0.25) is 0 Å². The zero-order valence-corrected chi connectivity index (χ0v) is 19.3. The maximum atomic E-state index is 12.4. The Balaban J connectivity index is 2.20.